The van der Waals surface area contributed by atoms with Crippen LogP contribution < -0.4 is 16.4 Å². The number of nitrogens with one attached hydrogen (secondary N) is 2. The maximum absolute atomic E-state index is 14.2. The molecular weight excluding hydrogens is 660 g/mol. The molecule has 3 rings (SSSR count). The Hall–Kier alpha value is -3.06. The SMILES string of the molecule is CC[C@H](C)[C@@H]([C@@H](CC(=O)N1CCCC1[C@H](OC)[C@@H](C)C(=O)N[C@H](CN)Cc1ccccc1)OC)N(C)C(=O)[C@@H](NC(=O)[C@]1(C)CCCN1C)C(C)C. The van der Waals surface area contributed by atoms with E-state index in [-0.39, 0.29) is 54.0 Å². The molecule has 1 aromatic carbocycles. The van der Waals surface area contributed by atoms with Crippen molar-refractivity contribution in [2.45, 2.75) is 128 Å². The Morgan fingerprint density at radius 1 is 1.02 bits per heavy atom. The van der Waals surface area contributed by atoms with Gasteiger partial charge in [-0.1, -0.05) is 71.4 Å². The van der Waals surface area contributed by atoms with Crippen molar-refractivity contribution < 1.29 is 28.7 Å². The van der Waals surface area contributed by atoms with Crippen LogP contribution in [0.15, 0.2) is 30.3 Å². The number of methoxy groups -OCH3 is 2. The van der Waals surface area contributed by atoms with Gasteiger partial charge < -0.3 is 35.6 Å². The minimum absolute atomic E-state index is 0.00453. The first-order valence-electron chi connectivity index (χ1n) is 19.3. The van der Waals surface area contributed by atoms with Crippen LogP contribution in [-0.2, 0) is 35.1 Å². The molecule has 0 aromatic heterocycles. The van der Waals surface area contributed by atoms with Gasteiger partial charge in [0, 0.05) is 40.4 Å². The van der Waals surface area contributed by atoms with Gasteiger partial charge in [-0.3, -0.25) is 24.1 Å². The highest BCUT2D eigenvalue weighted by Gasteiger charge is 2.45. The monoisotopic (exact) mass is 729 g/mol. The molecule has 0 spiro atoms. The van der Waals surface area contributed by atoms with Gasteiger partial charge in [-0.05, 0) is 70.0 Å². The fourth-order valence-electron chi connectivity index (χ4n) is 8.15. The Morgan fingerprint density at radius 3 is 2.23 bits per heavy atom. The maximum atomic E-state index is 14.2. The van der Waals surface area contributed by atoms with Gasteiger partial charge in [0.25, 0.3) is 0 Å². The van der Waals surface area contributed by atoms with E-state index in [0.29, 0.717) is 25.9 Å². The summed E-state index contributed by atoms with van der Waals surface area (Å²) in [7, 11) is 6.88. The van der Waals surface area contributed by atoms with Crippen molar-refractivity contribution in [2.24, 2.45) is 23.5 Å². The molecule has 12 nitrogen and oxygen atoms in total. The summed E-state index contributed by atoms with van der Waals surface area (Å²) in [6.07, 6.45) is 3.49. The Morgan fingerprint density at radius 2 is 1.69 bits per heavy atom. The van der Waals surface area contributed by atoms with Crippen LogP contribution in [0, 0.1) is 17.8 Å². The summed E-state index contributed by atoms with van der Waals surface area (Å²) in [5, 5.41) is 6.21. The third-order valence-electron chi connectivity index (χ3n) is 11.9. The van der Waals surface area contributed by atoms with E-state index in [4.69, 9.17) is 15.2 Å². The van der Waals surface area contributed by atoms with E-state index in [2.05, 4.69) is 29.4 Å². The van der Waals surface area contributed by atoms with E-state index < -0.39 is 35.7 Å². The molecule has 0 bridgehead atoms. The number of ether oxygens (including phenoxy) is 2. The van der Waals surface area contributed by atoms with Gasteiger partial charge in [0.1, 0.15) is 6.04 Å². The minimum Gasteiger partial charge on any atom is -0.379 e. The fraction of sp³-hybridized carbons (Fsp3) is 0.750. The molecule has 0 saturated carbocycles. The summed E-state index contributed by atoms with van der Waals surface area (Å²) in [6.45, 7) is 13.5. The third-order valence-corrected chi connectivity index (χ3v) is 11.9. The van der Waals surface area contributed by atoms with Crippen LogP contribution >= 0.6 is 0 Å². The number of nitrogens with zero attached hydrogens (tertiary/aromatic N) is 3. The van der Waals surface area contributed by atoms with Gasteiger partial charge in [0.15, 0.2) is 0 Å². The first-order chi connectivity index (χ1) is 24.6. The van der Waals surface area contributed by atoms with Crippen LogP contribution in [0.5, 0.6) is 0 Å². The standard InChI is InChI=1S/C40H68N6O6/c1-11-27(4)35(45(8)38(49)34(26(2)3)43-39(50)40(6)20-16-21-44(40)7)32(51-9)24-33(47)46-22-15-19-31(46)36(52-10)28(5)37(48)42-30(25-41)23-29-17-13-12-14-18-29/h12-14,17-18,26-28,30-32,34-36H,11,15-16,19-25,41H2,1-10H3,(H,42,48)(H,43,50)/t27-,28+,30-,31?,32+,34-,35-,36+,40-/m0/s1. The normalized spacial score (nSPS) is 23.4. The highest BCUT2D eigenvalue weighted by molar-refractivity contribution is 5.92. The number of hydrogen-bond acceptors (Lipinski definition) is 8. The highest BCUT2D eigenvalue weighted by Crippen LogP contribution is 2.31. The number of carbonyl (C=O) groups excluding carboxylic acids is 4. The summed E-state index contributed by atoms with van der Waals surface area (Å²) in [4.78, 5) is 61.1. The lowest BCUT2D eigenvalue weighted by molar-refractivity contribution is -0.148. The zero-order chi connectivity index (χ0) is 38.7. The second-order valence-corrected chi connectivity index (χ2v) is 15.7. The summed E-state index contributed by atoms with van der Waals surface area (Å²) in [6, 6.07) is 8.25. The van der Waals surface area contributed by atoms with E-state index >= 15 is 0 Å². The lowest BCUT2D eigenvalue weighted by Gasteiger charge is -2.41. The average Bonchev–Trinajstić information content (AvgIpc) is 3.76. The molecule has 2 saturated heterocycles. The Balaban J connectivity index is 1.75. The van der Waals surface area contributed by atoms with Crippen molar-refractivity contribution in [3.63, 3.8) is 0 Å². The van der Waals surface area contributed by atoms with Crippen molar-refractivity contribution in [1.29, 1.82) is 0 Å². The molecule has 52 heavy (non-hydrogen) atoms. The van der Waals surface area contributed by atoms with Gasteiger partial charge in [-0.15, -0.1) is 0 Å². The van der Waals surface area contributed by atoms with Crippen LogP contribution in [0.4, 0.5) is 0 Å². The predicted molar refractivity (Wildman–Crippen MR) is 204 cm³/mol. The van der Waals surface area contributed by atoms with Crippen molar-refractivity contribution >= 4 is 23.6 Å². The predicted octanol–water partition coefficient (Wildman–Crippen LogP) is 3.22. The number of nitrogens with two attached hydrogens (primary N) is 1. The second-order valence-electron chi connectivity index (χ2n) is 15.7. The number of carbonyl (C=O) groups is 4. The van der Waals surface area contributed by atoms with E-state index in [1.165, 1.54) is 0 Å². The average molecular weight is 729 g/mol. The molecular formula is C40H68N6O6. The Labute approximate surface area is 312 Å². The van der Waals surface area contributed by atoms with Crippen LogP contribution in [-0.4, -0.2) is 128 Å². The Bertz CT molecular complexity index is 1310. The fourth-order valence-corrected chi connectivity index (χ4v) is 8.15. The quantitative estimate of drug-likeness (QED) is 0.197. The molecule has 294 valence electrons. The molecule has 1 aromatic rings. The smallest absolute Gasteiger partial charge is 0.245 e. The molecule has 0 aliphatic carbocycles. The first kappa shape index (κ1) is 43.3. The topological polar surface area (TPSA) is 147 Å². The van der Waals surface area contributed by atoms with Crippen molar-refractivity contribution in [3.05, 3.63) is 35.9 Å². The molecule has 4 N–H and O–H groups in total. The number of hydrogen-bond donors (Lipinski definition) is 3. The van der Waals surface area contributed by atoms with Crippen LogP contribution in [0.1, 0.15) is 85.6 Å². The Kier molecular flexibility index (Phi) is 16.5. The van der Waals surface area contributed by atoms with Gasteiger partial charge in [0.2, 0.25) is 23.6 Å². The molecule has 0 radical (unpaired) electrons. The highest BCUT2D eigenvalue weighted by atomic mass is 16.5. The van der Waals surface area contributed by atoms with Crippen LogP contribution in [0.25, 0.3) is 0 Å². The zero-order valence-corrected chi connectivity index (χ0v) is 33.5. The molecule has 2 heterocycles. The van der Waals surface area contributed by atoms with Gasteiger partial charge in [0.05, 0.1) is 42.2 Å². The molecule has 2 aliphatic heterocycles. The third kappa shape index (κ3) is 10.3. The lowest BCUT2D eigenvalue weighted by atomic mass is 9.89. The van der Waals surface area contributed by atoms with E-state index in [1.807, 2.05) is 70.0 Å². The number of benzene rings is 1. The number of likely N-dealkylation sites (tertiary alicyclic amines) is 2. The van der Waals surface area contributed by atoms with Crippen LogP contribution in [0.2, 0.25) is 0 Å². The number of rotatable bonds is 19. The molecule has 2 fully saturated rings. The number of likely N-dealkylation sites (N-methyl/N-ethyl adjacent to an activating group) is 2. The largest absolute Gasteiger partial charge is 0.379 e. The van der Waals surface area contributed by atoms with Crippen molar-refractivity contribution in [3.8, 4) is 0 Å². The lowest BCUT2D eigenvalue weighted by Crippen LogP contribution is -2.61. The van der Waals surface area contributed by atoms with E-state index in [0.717, 1.165) is 37.8 Å². The number of amides is 4. The van der Waals surface area contributed by atoms with Gasteiger partial charge in [-0.25, -0.2) is 0 Å². The molecule has 9 atom stereocenters. The van der Waals surface area contributed by atoms with Crippen molar-refractivity contribution in [1.82, 2.24) is 25.3 Å². The summed E-state index contributed by atoms with van der Waals surface area (Å²) in [5.74, 6) is -1.28. The summed E-state index contributed by atoms with van der Waals surface area (Å²) in [5.41, 5.74) is 6.48. The van der Waals surface area contributed by atoms with E-state index in [1.54, 1.807) is 26.2 Å². The summed E-state index contributed by atoms with van der Waals surface area (Å²) >= 11 is 0. The molecule has 4 amide bonds. The molecule has 2 aliphatic rings. The maximum Gasteiger partial charge on any atom is 0.245 e. The zero-order valence-electron chi connectivity index (χ0n) is 33.5. The summed E-state index contributed by atoms with van der Waals surface area (Å²) < 4.78 is 12.0. The van der Waals surface area contributed by atoms with Gasteiger partial charge in [-0.2, -0.15) is 0 Å². The second kappa shape index (κ2) is 19.9. The van der Waals surface area contributed by atoms with E-state index in [9.17, 15) is 19.2 Å². The van der Waals surface area contributed by atoms with Crippen LogP contribution in [0.3, 0.4) is 0 Å². The van der Waals surface area contributed by atoms with Crippen molar-refractivity contribution in [2.75, 3.05) is 47.9 Å². The molecule has 12 heteroatoms. The van der Waals surface area contributed by atoms with Gasteiger partial charge >= 0.3 is 0 Å². The minimum atomic E-state index is -0.729. The molecule has 1 unspecified atom stereocenters. The first-order valence-corrected chi connectivity index (χ1v) is 19.3.